The molecular weight excluding hydrogens is 369 g/mol. The van der Waals surface area contributed by atoms with E-state index in [-0.39, 0.29) is 24.7 Å². The number of fused-ring (bicyclic) bond motifs is 1. The number of rotatable bonds is 5. The Kier molecular flexibility index (Phi) is 5.17. The molecule has 1 unspecified atom stereocenters. The largest absolute Gasteiger partial charge is 0.486 e. The Balaban J connectivity index is 1.81. The second-order valence-corrected chi connectivity index (χ2v) is 7.87. The molecule has 0 bridgehead atoms. The van der Waals surface area contributed by atoms with Gasteiger partial charge in [-0.05, 0) is 30.3 Å². The van der Waals surface area contributed by atoms with Gasteiger partial charge >= 0.3 is 0 Å². The van der Waals surface area contributed by atoms with Gasteiger partial charge in [0, 0.05) is 11.6 Å². The molecule has 3 rings (SSSR count). The molecule has 0 fully saturated rings. The van der Waals surface area contributed by atoms with Crippen LogP contribution in [0.4, 0.5) is 4.39 Å². The van der Waals surface area contributed by atoms with Crippen molar-refractivity contribution in [1.82, 2.24) is 4.31 Å². The van der Waals surface area contributed by atoms with Crippen LogP contribution < -0.4 is 9.47 Å². The van der Waals surface area contributed by atoms with E-state index in [1.54, 1.807) is 19.1 Å². The van der Waals surface area contributed by atoms with Crippen LogP contribution in [0.2, 0.25) is 5.02 Å². The van der Waals surface area contributed by atoms with E-state index in [0.717, 1.165) is 6.07 Å². The number of ether oxygens (including phenoxy) is 2. The summed E-state index contributed by atoms with van der Waals surface area (Å²) in [5, 5.41) is 0.139. The summed E-state index contributed by atoms with van der Waals surface area (Å²) in [6.45, 7) is 2.12. The first-order chi connectivity index (χ1) is 11.9. The molecule has 8 heteroatoms. The smallest absolute Gasteiger partial charge is 0.246 e. The van der Waals surface area contributed by atoms with Gasteiger partial charge in [0.05, 0.1) is 6.54 Å². The molecule has 1 aliphatic rings. The highest BCUT2D eigenvalue weighted by atomic mass is 35.5. The molecule has 0 aromatic heterocycles. The van der Waals surface area contributed by atoms with Crippen LogP contribution in [0.3, 0.4) is 0 Å². The van der Waals surface area contributed by atoms with Crippen LogP contribution in [-0.2, 0) is 10.0 Å². The molecule has 0 spiro atoms. The van der Waals surface area contributed by atoms with Gasteiger partial charge in [-0.3, -0.25) is 0 Å². The number of sulfonamides is 1. The molecule has 1 aliphatic heterocycles. The summed E-state index contributed by atoms with van der Waals surface area (Å²) in [6, 6.07) is 10.7. The molecule has 5 nitrogen and oxygen atoms in total. The standard InChI is InChI=1S/C17H17ClFNO4S/c1-2-20(25(21,22)17-8-7-12(18)9-14(17)19)10-13-11-23-15-5-3-4-6-16(15)24-13/h3-9,13H,2,10-11H2,1H3. The molecule has 25 heavy (non-hydrogen) atoms. The van der Waals surface area contributed by atoms with Crippen LogP contribution in [0.25, 0.3) is 0 Å². The van der Waals surface area contributed by atoms with Gasteiger partial charge in [-0.15, -0.1) is 0 Å². The molecule has 2 aromatic rings. The predicted octanol–water partition coefficient (Wildman–Crippen LogP) is 3.33. The molecule has 0 saturated heterocycles. The van der Waals surface area contributed by atoms with E-state index in [0.29, 0.717) is 11.5 Å². The Hall–Kier alpha value is -1.83. The summed E-state index contributed by atoms with van der Waals surface area (Å²) >= 11 is 5.70. The minimum Gasteiger partial charge on any atom is -0.486 e. The van der Waals surface area contributed by atoms with Crippen molar-refractivity contribution in [2.45, 2.75) is 17.9 Å². The summed E-state index contributed by atoms with van der Waals surface area (Å²) in [7, 11) is -4.01. The van der Waals surface area contributed by atoms with Crippen molar-refractivity contribution in [3.05, 3.63) is 53.3 Å². The Labute approximate surface area is 151 Å². The van der Waals surface area contributed by atoms with E-state index in [1.165, 1.54) is 16.4 Å². The molecule has 0 N–H and O–H groups in total. The van der Waals surface area contributed by atoms with Crippen molar-refractivity contribution >= 4 is 21.6 Å². The highest BCUT2D eigenvalue weighted by molar-refractivity contribution is 7.89. The second kappa shape index (κ2) is 7.19. The maximum atomic E-state index is 14.1. The van der Waals surface area contributed by atoms with Gasteiger partial charge in [-0.2, -0.15) is 4.31 Å². The van der Waals surface area contributed by atoms with Crippen molar-refractivity contribution in [2.24, 2.45) is 0 Å². The number of nitrogens with zero attached hydrogens (tertiary/aromatic N) is 1. The topological polar surface area (TPSA) is 55.8 Å². The molecule has 0 aliphatic carbocycles. The average Bonchev–Trinajstić information content (AvgIpc) is 2.59. The van der Waals surface area contributed by atoms with Gasteiger partial charge in [0.25, 0.3) is 0 Å². The third-order valence-electron chi connectivity index (χ3n) is 3.84. The van der Waals surface area contributed by atoms with E-state index in [2.05, 4.69) is 0 Å². The van der Waals surface area contributed by atoms with Gasteiger partial charge in [0.15, 0.2) is 11.5 Å². The van der Waals surface area contributed by atoms with Crippen molar-refractivity contribution in [2.75, 3.05) is 19.7 Å². The maximum Gasteiger partial charge on any atom is 0.246 e. The minimum atomic E-state index is -4.01. The van der Waals surface area contributed by atoms with Crippen molar-refractivity contribution in [1.29, 1.82) is 0 Å². The van der Waals surface area contributed by atoms with Crippen LogP contribution in [-0.4, -0.2) is 38.5 Å². The number of halogens is 2. The van der Waals surface area contributed by atoms with E-state index in [1.807, 2.05) is 12.1 Å². The fourth-order valence-electron chi connectivity index (χ4n) is 2.60. The number of likely N-dealkylation sites (N-methyl/N-ethyl adjacent to an activating group) is 1. The summed E-state index contributed by atoms with van der Waals surface area (Å²) in [5.41, 5.74) is 0. The SMILES string of the molecule is CCN(CC1COc2ccccc2O1)S(=O)(=O)c1ccc(Cl)cc1F. The highest BCUT2D eigenvalue weighted by Crippen LogP contribution is 2.31. The molecule has 0 radical (unpaired) electrons. The first-order valence-corrected chi connectivity index (χ1v) is 9.57. The second-order valence-electron chi connectivity index (χ2n) is 5.53. The first kappa shape index (κ1) is 18.0. The van der Waals surface area contributed by atoms with Crippen LogP contribution in [0.1, 0.15) is 6.92 Å². The van der Waals surface area contributed by atoms with Gasteiger partial charge in [-0.25, -0.2) is 12.8 Å². The number of para-hydroxylation sites is 2. The van der Waals surface area contributed by atoms with Gasteiger partial charge < -0.3 is 9.47 Å². The third-order valence-corrected chi connectivity index (χ3v) is 6.05. The van der Waals surface area contributed by atoms with Crippen molar-refractivity contribution < 1.29 is 22.3 Å². The molecule has 2 aromatic carbocycles. The molecular formula is C17H17ClFNO4S. The first-order valence-electron chi connectivity index (χ1n) is 7.75. The van der Waals surface area contributed by atoms with Crippen LogP contribution in [0.15, 0.2) is 47.4 Å². The van der Waals surface area contributed by atoms with Gasteiger partial charge in [0.1, 0.15) is 23.4 Å². The molecule has 1 heterocycles. The summed E-state index contributed by atoms with van der Waals surface area (Å²) in [6.07, 6.45) is -0.486. The number of hydrogen-bond acceptors (Lipinski definition) is 4. The van der Waals surface area contributed by atoms with Gasteiger partial charge in [-0.1, -0.05) is 30.7 Å². The summed E-state index contributed by atoms with van der Waals surface area (Å²) in [5.74, 6) is 0.301. The molecule has 134 valence electrons. The lowest BCUT2D eigenvalue weighted by atomic mass is 10.2. The highest BCUT2D eigenvalue weighted by Gasteiger charge is 2.31. The maximum absolute atomic E-state index is 14.1. The van der Waals surface area contributed by atoms with Crippen molar-refractivity contribution in [3.8, 4) is 11.5 Å². The van der Waals surface area contributed by atoms with Gasteiger partial charge in [0.2, 0.25) is 10.0 Å². The van der Waals surface area contributed by atoms with E-state index in [9.17, 15) is 12.8 Å². The zero-order valence-electron chi connectivity index (χ0n) is 13.5. The Bertz CT molecular complexity index is 875. The summed E-state index contributed by atoms with van der Waals surface area (Å²) in [4.78, 5) is -0.407. The molecule has 0 amide bonds. The Morgan fingerprint density at radius 1 is 1.24 bits per heavy atom. The average molecular weight is 386 g/mol. The lowest BCUT2D eigenvalue weighted by Crippen LogP contribution is -2.43. The van der Waals surface area contributed by atoms with Crippen molar-refractivity contribution in [3.63, 3.8) is 0 Å². The minimum absolute atomic E-state index is 0.0508. The van der Waals surface area contributed by atoms with Crippen LogP contribution in [0.5, 0.6) is 11.5 Å². The third kappa shape index (κ3) is 3.73. The fourth-order valence-corrected chi connectivity index (χ4v) is 4.29. The van der Waals surface area contributed by atoms with Crippen LogP contribution >= 0.6 is 11.6 Å². The zero-order chi connectivity index (χ0) is 18.0. The summed E-state index contributed by atoms with van der Waals surface area (Å²) < 4.78 is 52.2. The molecule has 1 atom stereocenters. The lowest BCUT2D eigenvalue weighted by Gasteiger charge is -2.30. The number of hydrogen-bond donors (Lipinski definition) is 0. The Morgan fingerprint density at radius 2 is 1.96 bits per heavy atom. The van der Waals surface area contributed by atoms with E-state index < -0.39 is 26.8 Å². The van der Waals surface area contributed by atoms with E-state index in [4.69, 9.17) is 21.1 Å². The predicted molar refractivity (Wildman–Crippen MR) is 92.2 cm³/mol. The van der Waals surface area contributed by atoms with E-state index >= 15 is 0 Å². The zero-order valence-corrected chi connectivity index (χ0v) is 15.1. The Morgan fingerprint density at radius 3 is 2.64 bits per heavy atom. The number of benzene rings is 2. The monoisotopic (exact) mass is 385 g/mol. The van der Waals surface area contributed by atoms with Crippen LogP contribution in [0, 0.1) is 5.82 Å². The quantitative estimate of drug-likeness (QED) is 0.792. The normalized spacial score (nSPS) is 16.9. The lowest BCUT2D eigenvalue weighted by molar-refractivity contribution is 0.0771. The fraction of sp³-hybridized carbons (Fsp3) is 0.294. The molecule has 0 saturated carbocycles.